The van der Waals surface area contributed by atoms with Gasteiger partial charge in [-0.05, 0) is 12.0 Å². The van der Waals surface area contributed by atoms with Crippen LogP contribution in [0.1, 0.15) is 39.2 Å². The van der Waals surface area contributed by atoms with Crippen LogP contribution in [-0.4, -0.2) is 12.1 Å². The molecule has 1 aromatic carbocycles. The zero-order chi connectivity index (χ0) is 12.5. The maximum absolute atomic E-state index is 11.4. The van der Waals surface area contributed by atoms with Gasteiger partial charge in [-0.15, -0.1) is 0 Å². The summed E-state index contributed by atoms with van der Waals surface area (Å²) in [4.78, 5) is 11.4. The van der Waals surface area contributed by atoms with Crippen molar-refractivity contribution in [3.8, 4) is 0 Å². The van der Waals surface area contributed by atoms with Crippen molar-refractivity contribution in [1.82, 2.24) is 0 Å². The molecule has 0 radical (unpaired) electrons. The fraction of sp³-hybridized carbons (Fsp3) is 0.533. The molecule has 0 amide bonds. The number of esters is 1. The Balaban J connectivity index is 2.21. The van der Waals surface area contributed by atoms with Crippen LogP contribution in [-0.2, 0) is 14.9 Å². The second-order valence-electron chi connectivity index (χ2n) is 4.81. The van der Waals surface area contributed by atoms with Crippen LogP contribution in [0.25, 0.3) is 0 Å². The van der Waals surface area contributed by atoms with Crippen molar-refractivity contribution in [3.63, 3.8) is 0 Å². The number of hydrogen-bond donors (Lipinski definition) is 0. The highest BCUT2D eigenvalue weighted by molar-refractivity contribution is 5.70. The minimum atomic E-state index is -0.0897. The molecule has 2 heteroatoms. The van der Waals surface area contributed by atoms with Gasteiger partial charge >= 0.3 is 5.97 Å². The molecule has 0 spiro atoms. The summed E-state index contributed by atoms with van der Waals surface area (Å²) in [6, 6.07) is 10.4. The van der Waals surface area contributed by atoms with Crippen LogP contribution in [0.4, 0.5) is 0 Å². The van der Waals surface area contributed by atoms with Crippen LogP contribution in [0.2, 0.25) is 0 Å². The number of ether oxygens (including phenoxy) is 1. The maximum Gasteiger partial charge on any atom is 0.305 e. The monoisotopic (exact) mass is 232 g/mol. The molecule has 1 aromatic rings. The Morgan fingerprint density at radius 3 is 2.47 bits per heavy atom. The van der Waals surface area contributed by atoms with Crippen molar-refractivity contribution in [3.05, 3.63) is 35.9 Å². The van der Waals surface area contributed by atoms with Gasteiger partial charge in [0.2, 0.25) is 0 Å². The third-order valence-corrected chi connectivity index (χ3v) is 4.11. The Hall–Kier alpha value is -1.31. The van der Waals surface area contributed by atoms with Crippen LogP contribution in [0.15, 0.2) is 30.3 Å². The highest BCUT2D eigenvalue weighted by Crippen LogP contribution is 2.58. The lowest BCUT2D eigenvalue weighted by Crippen LogP contribution is -2.16. The zero-order valence-electron chi connectivity index (χ0n) is 10.8. The zero-order valence-corrected chi connectivity index (χ0v) is 10.8. The molecule has 0 bridgehead atoms. The van der Waals surface area contributed by atoms with Crippen LogP contribution >= 0.6 is 0 Å². The summed E-state index contributed by atoms with van der Waals surface area (Å²) in [5.74, 6) is 0.332. The Labute approximate surface area is 103 Å². The Morgan fingerprint density at radius 1 is 1.29 bits per heavy atom. The third kappa shape index (κ3) is 1.86. The summed E-state index contributed by atoms with van der Waals surface area (Å²) in [7, 11) is 0. The molecular formula is C15H20O2. The van der Waals surface area contributed by atoms with E-state index in [1.807, 2.05) is 13.0 Å². The van der Waals surface area contributed by atoms with Crippen molar-refractivity contribution in [1.29, 1.82) is 0 Å². The van der Waals surface area contributed by atoms with E-state index in [4.69, 9.17) is 4.74 Å². The Kier molecular flexibility index (Phi) is 3.23. The van der Waals surface area contributed by atoms with Crippen LogP contribution in [0, 0.1) is 5.92 Å². The molecular weight excluding hydrogens is 212 g/mol. The molecule has 1 aliphatic carbocycles. The first-order chi connectivity index (χ1) is 8.16. The molecule has 3 unspecified atom stereocenters. The van der Waals surface area contributed by atoms with Crippen molar-refractivity contribution >= 4 is 5.97 Å². The number of rotatable bonds is 4. The molecule has 0 aliphatic heterocycles. The molecule has 1 aliphatic rings. The van der Waals surface area contributed by atoms with E-state index < -0.39 is 0 Å². The average Bonchev–Trinajstić information content (AvgIpc) is 2.95. The number of hydrogen-bond acceptors (Lipinski definition) is 2. The molecule has 1 fully saturated rings. The quantitative estimate of drug-likeness (QED) is 0.744. The summed E-state index contributed by atoms with van der Waals surface area (Å²) < 4.78 is 5.55. The van der Waals surface area contributed by atoms with Crippen LogP contribution in [0.3, 0.4) is 0 Å². The van der Waals surface area contributed by atoms with Gasteiger partial charge in [-0.2, -0.15) is 0 Å². The summed E-state index contributed by atoms with van der Waals surface area (Å²) in [6.45, 7) is 6.18. The van der Waals surface area contributed by atoms with Gasteiger partial charge in [0.1, 0.15) is 6.10 Å². The second-order valence-corrected chi connectivity index (χ2v) is 4.81. The molecule has 92 valence electrons. The number of benzene rings is 1. The number of carbonyl (C=O) groups excluding carboxylic acids is 1. The van der Waals surface area contributed by atoms with Gasteiger partial charge in [0, 0.05) is 17.8 Å². The molecule has 0 heterocycles. The van der Waals surface area contributed by atoms with Gasteiger partial charge in [-0.1, -0.05) is 51.1 Å². The van der Waals surface area contributed by atoms with E-state index in [2.05, 4.69) is 38.1 Å². The summed E-state index contributed by atoms with van der Waals surface area (Å²) in [5, 5.41) is 0. The lowest BCUT2D eigenvalue weighted by atomic mass is 9.90. The molecule has 2 nitrogen and oxygen atoms in total. The van der Waals surface area contributed by atoms with Crippen molar-refractivity contribution in [2.45, 2.75) is 45.1 Å². The second kappa shape index (κ2) is 4.52. The van der Waals surface area contributed by atoms with Gasteiger partial charge < -0.3 is 4.74 Å². The smallest absolute Gasteiger partial charge is 0.305 e. The summed E-state index contributed by atoms with van der Waals surface area (Å²) >= 11 is 0. The number of carbonyl (C=O) groups is 1. The fourth-order valence-corrected chi connectivity index (χ4v) is 2.92. The normalized spacial score (nSPS) is 31.0. The van der Waals surface area contributed by atoms with Gasteiger partial charge in [0.05, 0.1) is 0 Å². The van der Waals surface area contributed by atoms with Crippen LogP contribution < -0.4 is 0 Å². The molecule has 0 aromatic heterocycles. The molecule has 0 saturated heterocycles. The third-order valence-electron chi connectivity index (χ3n) is 4.11. The van der Waals surface area contributed by atoms with E-state index in [-0.39, 0.29) is 17.5 Å². The first kappa shape index (κ1) is 12.2. The topological polar surface area (TPSA) is 26.3 Å². The van der Waals surface area contributed by atoms with Gasteiger partial charge in [0.15, 0.2) is 0 Å². The minimum absolute atomic E-state index is 0.0477. The molecule has 3 atom stereocenters. The van der Waals surface area contributed by atoms with E-state index in [1.165, 1.54) is 5.56 Å². The molecule has 0 N–H and O–H groups in total. The van der Waals surface area contributed by atoms with Crippen LogP contribution in [0.5, 0.6) is 0 Å². The fourth-order valence-electron chi connectivity index (χ4n) is 2.92. The first-order valence-corrected chi connectivity index (χ1v) is 6.41. The molecule has 2 rings (SSSR count). The predicted molar refractivity (Wildman–Crippen MR) is 67.7 cm³/mol. The predicted octanol–water partition coefficient (Wildman–Crippen LogP) is 3.31. The summed E-state index contributed by atoms with van der Waals surface area (Å²) in [6.07, 6.45) is 1.53. The van der Waals surface area contributed by atoms with E-state index in [9.17, 15) is 4.79 Å². The minimum Gasteiger partial charge on any atom is -0.461 e. The van der Waals surface area contributed by atoms with Gasteiger partial charge in [-0.3, -0.25) is 4.79 Å². The van der Waals surface area contributed by atoms with Gasteiger partial charge in [-0.25, -0.2) is 0 Å². The lowest BCUT2D eigenvalue weighted by molar-refractivity contribution is -0.145. The van der Waals surface area contributed by atoms with Crippen molar-refractivity contribution < 1.29 is 9.53 Å². The Bertz CT molecular complexity index is 399. The van der Waals surface area contributed by atoms with E-state index in [0.29, 0.717) is 12.3 Å². The molecule has 17 heavy (non-hydrogen) atoms. The van der Waals surface area contributed by atoms with E-state index in [1.54, 1.807) is 0 Å². The SMILES string of the molecule is CCC(=O)OC1C(C)C1(CC)c1ccccc1. The Morgan fingerprint density at radius 2 is 1.94 bits per heavy atom. The first-order valence-electron chi connectivity index (χ1n) is 6.41. The van der Waals surface area contributed by atoms with E-state index in [0.717, 1.165) is 6.42 Å². The summed E-state index contributed by atoms with van der Waals surface area (Å²) in [5.41, 5.74) is 1.34. The van der Waals surface area contributed by atoms with Crippen molar-refractivity contribution in [2.24, 2.45) is 5.92 Å². The average molecular weight is 232 g/mol. The highest BCUT2D eigenvalue weighted by atomic mass is 16.6. The molecule has 1 saturated carbocycles. The van der Waals surface area contributed by atoms with E-state index >= 15 is 0 Å². The maximum atomic E-state index is 11.4. The largest absolute Gasteiger partial charge is 0.461 e. The van der Waals surface area contributed by atoms with Crippen molar-refractivity contribution in [2.75, 3.05) is 0 Å². The highest BCUT2D eigenvalue weighted by Gasteiger charge is 2.64. The van der Waals surface area contributed by atoms with Gasteiger partial charge in [0.25, 0.3) is 0 Å². The lowest BCUT2D eigenvalue weighted by Gasteiger charge is -2.15. The standard InChI is InChI=1S/C15H20O2/c1-4-13(16)17-14-11(3)15(14,5-2)12-9-7-6-8-10-12/h6-11,14H,4-5H2,1-3H3.